The van der Waals surface area contributed by atoms with E-state index in [1.54, 1.807) is 18.3 Å². The Bertz CT molecular complexity index is 1590. The summed E-state index contributed by atoms with van der Waals surface area (Å²) in [4.78, 5) is 22.6. The first-order valence-corrected chi connectivity index (χ1v) is 11.4. The van der Waals surface area contributed by atoms with Crippen molar-refractivity contribution in [3.63, 3.8) is 0 Å². The van der Waals surface area contributed by atoms with E-state index in [1.807, 2.05) is 61.5 Å². The van der Waals surface area contributed by atoms with Crippen molar-refractivity contribution in [1.82, 2.24) is 20.0 Å². The molecule has 9 heteroatoms. The molecule has 36 heavy (non-hydrogen) atoms. The van der Waals surface area contributed by atoms with Gasteiger partial charge in [-0.15, -0.1) is 0 Å². The number of anilines is 1. The normalized spacial score (nSPS) is 11.4. The molecule has 0 spiro atoms. The van der Waals surface area contributed by atoms with Gasteiger partial charge in [0.15, 0.2) is 17.1 Å². The highest BCUT2D eigenvalue weighted by Gasteiger charge is 2.24. The molecule has 0 unspecified atom stereocenters. The number of aromatic nitrogens is 3. The molecule has 0 atom stereocenters. The zero-order valence-electron chi connectivity index (χ0n) is 19.5. The van der Waals surface area contributed by atoms with E-state index >= 15 is 0 Å². The number of nitrogens with zero attached hydrogens (tertiary/aromatic N) is 4. The number of phenols is 1. The molecule has 9 nitrogen and oxygen atoms in total. The van der Waals surface area contributed by atoms with Gasteiger partial charge in [0.2, 0.25) is 0 Å². The highest BCUT2D eigenvalue weighted by molar-refractivity contribution is 6.10. The quantitative estimate of drug-likeness (QED) is 0.301. The second-order valence-corrected chi connectivity index (χ2v) is 8.03. The number of benzene rings is 3. The molecule has 2 heterocycles. The standard InChI is InChI=1S/C27H24N6O3/c1-2-36-22-14-18(12-13-21(22)34)16-30-33-25(28)23(27(35)29-15-17-8-4-3-5-9-17)24-26(33)32-20-11-7-6-10-19(20)31-24/h3-14,16,34H,2,15,28H2,1H3,(H,29,35). The summed E-state index contributed by atoms with van der Waals surface area (Å²) in [5, 5.41) is 17.4. The minimum absolute atomic E-state index is 0.0367. The third kappa shape index (κ3) is 4.41. The maximum Gasteiger partial charge on any atom is 0.257 e. The summed E-state index contributed by atoms with van der Waals surface area (Å²) in [7, 11) is 0. The maximum atomic E-state index is 13.3. The number of rotatable bonds is 7. The number of hydrogen-bond acceptors (Lipinski definition) is 7. The molecule has 0 radical (unpaired) electrons. The van der Waals surface area contributed by atoms with Gasteiger partial charge < -0.3 is 20.9 Å². The molecule has 180 valence electrons. The van der Waals surface area contributed by atoms with E-state index in [0.717, 1.165) is 5.56 Å². The van der Waals surface area contributed by atoms with Crippen LogP contribution in [-0.2, 0) is 6.54 Å². The fraction of sp³-hybridized carbons (Fsp3) is 0.111. The number of aromatic hydroxyl groups is 1. The molecule has 2 aromatic heterocycles. The van der Waals surface area contributed by atoms with Crippen LogP contribution in [0.5, 0.6) is 11.5 Å². The average molecular weight is 481 g/mol. The first-order chi connectivity index (χ1) is 17.5. The Hall–Kier alpha value is -4.92. The zero-order valence-corrected chi connectivity index (χ0v) is 19.5. The highest BCUT2D eigenvalue weighted by atomic mass is 16.5. The molecule has 4 N–H and O–H groups in total. The molecular weight excluding hydrogens is 456 g/mol. The lowest BCUT2D eigenvalue weighted by Gasteiger charge is -2.06. The Labute approximate surface area is 206 Å². The van der Waals surface area contributed by atoms with Gasteiger partial charge in [0.25, 0.3) is 5.91 Å². The molecule has 0 saturated heterocycles. The Morgan fingerprint density at radius 2 is 1.81 bits per heavy atom. The molecule has 0 fully saturated rings. The van der Waals surface area contributed by atoms with Gasteiger partial charge in [-0.05, 0) is 48.4 Å². The zero-order chi connectivity index (χ0) is 25.1. The van der Waals surface area contributed by atoms with Crippen LogP contribution in [0, 0.1) is 0 Å². The number of carbonyl (C=O) groups is 1. The minimum atomic E-state index is -0.372. The summed E-state index contributed by atoms with van der Waals surface area (Å²) >= 11 is 0. The molecule has 0 aliphatic heterocycles. The number of amides is 1. The van der Waals surface area contributed by atoms with Crippen molar-refractivity contribution in [2.45, 2.75) is 13.5 Å². The van der Waals surface area contributed by atoms with Crippen molar-refractivity contribution in [3.05, 3.63) is 89.5 Å². The van der Waals surface area contributed by atoms with Crippen LogP contribution in [0.3, 0.4) is 0 Å². The Balaban J connectivity index is 1.58. The Morgan fingerprint density at radius 1 is 1.08 bits per heavy atom. The van der Waals surface area contributed by atoms with Crippen LogP contribution >= 0.6 is 0 Å². The van der Waals surface area contributed by atoms with Crippen LogP contribution in [0.25, 0.3) is 22.2 Å². The van der Waals surface area contributed by atoms with E-state index in [9.17, 15) is 9.90 Å². The van der Waals surface area contributed by atoms with Crippen LogP contribution in [0.4, 0.5) is 5.82 Å². The third-order valence-electron chi connectivity index (χ3n) is 5.60. The van der Waals surface area contributed by atoms with E-state index in [4.69, 9.17) is 15.5 Å². The number of phenolic OH excluding ortho intramolecular Hbond substituents is 1. The van der Waals surface area contributed by atoms with Gasteiger partial charge in [0.05, 0.1) is 23.9 Å². The molecule has 0 bridgehead atoms. The van der Waals surface area contributed by atoms with Crippen LogP contribution in [-0.4, -0.2) is 38.5 Å². The maximum absolute atomic E-state index is 13.3. The number of nitrogens with one attached hydrogen (secondary N) is 1. The Kier molecular flexibility index (Phi) is 6.19. The summed E-state index contributed by atoms with van der Waals surface area (Å²) in [5.74, 6) is 0.127. The van der Waals surface area contributed by atoms with Crippen molar-refractivity contribution >= 4 is 40.1 Å². The molecular formula is C27H24N6O3. The van der Waals surface area contributed by atoms with Crippen molar-refractivity contribution in [2.24, 2.45) is 5.10 Å². The van der Waals surface area contributed by atoms with E-state index in [1.165, 1.54) is 10.7 Å². The third-order valence-corrected chi connectivity index (χ3v) is 5.60. The van der Waals surface area contributed by atoms with Gasteiger partial charge in [-0.3, -0.25) is 4.79 Å². The fourth-order valence-corrected chi connectivity index (χ4v) is 3.86. The lowest BCUT2D eigenvalue weighted by molar-refractivity contribution is 0.0953. The molecule has 5 aromatic rings. The summed E-state index contributed by atoms with van der Waals surface area (Å²) in [6.07, 6.45) is 1.56. The topological polar surface area (TPSA) is 128 Å². The summed E-state index contributed by atoms with van der Waals surface area (Å²) in [6, 6.07) is 21.9. The fourth-order valence-electron chi connectivity index (χ4n) is 3.86. The van der Waals surface area contributed by atoms with Gasteiger partial charge in [-0.25, -0.2) is 9.97 Å². The molecule has 0 aliphatic carbocycles. The largest absolute Gasteiger partial charge is 0.504 e. The number of carbonyl (C=O) groups excluding carboxylic acids is 1. The lowest BCUT2D eigenvalue weighted by Crippen LogP contribution is -2.23. The van der Waals surface area contributed by atoms with Gasteiger partial charge >= 0.3 is 0 Å². The number of para-hydroxylation sites is 2. The van der Waals surface area contributed by atoms with Crippen molar-refractivity contribution in [3.8, 4) is 11.5 Å². The van der Waals surface area contributed by atoms with Crippen molar-refractivity contribution in [1.29, 1.82) is 0 Å². The first kappa shape index (κ1) is 22.9. The van der Waals surface area contributed by atoms with E-state index in [0.29, 0.717) is 46.7 Å². The monoisotopic (exact) mass is 480 g/mol. The number of hydrogen-bond donors (Lipinski definition) is 3. The molecule has 0 saturated carbocycles. The van der Waals surface area contributed by atoms with E-state index in [-0.39, 0.29) is 23.0 Å². The SMILES string of the molecule is CCOc1cc(C=Nn2c(N)c(C(=O)NCc3ccccc3)c3nc4ccccc4nc32)ccc1O. The van der Waals surface area contributed by atoms with Gasteiger partial charge in [0, 0.05) is 6.54 Å². The van der Waals surface area contributed by atoms with Crippen molar-refractivity contribution in [2.75, 3.05) is 12.3 Å². The van der Waals surface area contributed by atoms with Crippen LogP contribution in [0.15, 0.2) is 77.9 Å². The molecule has 0 aliphatic rings. The molecule has 5 rings (SSSR count). The van der Waals surface area contributed by atoms with Crippen molar-refractivity contribution < 1.29 is 14.6 Å². The number of ether oxygens (including phenoxy) is 1. The van der Waals surface area contributed by atoms with E-state index < -0.39 is 0 Å². The van der Waals surface area contributed by atoms with Gasteiger partial charge in [-0.1, -0.05) is 42.5 Å². The summed E-state index contributed by atoms with van der Waals surface area (Å²) < 4.78 is 6.85. The first-order valence-electron chi connectivity index (χ1n) is 11.4. The predicted molar refractivity (Wildman–Crippen MR) is 139 cm³/mol. The predicted octanol–water partition coefficient (Wildman–Crippen LogP) is 4.08. The lowest BCUT2D eigenvalue weighted by atomic mass is 10.2. The minimum Gasteiger partial charge on any atom is -0.504 e. The number of nitrogen functional groups attached to an aromatic ring is 1. The van der Waals surface area contributed by atoms with Crippen LogP contribution in [0.2, 0.25) is 0 Å². The smallest absolute Gasteiger partial charge is 0.257 e. The van der Waals surface area contributed by atoms with Crippen LogP contribution < -0.4 is 15.8 Å². The van der Waals surface area contributed by atoms with Gasteiger partial charge in [-0.2, -0.15) is 9.78 Å². The number of nitrogens with two attached hydrogens (primary N) is 1. The Morgan fingerprint density at radius 3 is 2.56 bits per heavy atom. The second kappa shape index (κ2) is 9.75. The second-order valence-electron chi connectivity index (χ2n) is 8.03. The summed E-state index contributed by atoms with van der Waals surface area (Å²) in [6.45, 7) is 2.58. The van der Waals surface area contributed by atoms with E-state index in [2.05, 4.69) is 15.4 Å². The molecule has 3 aromatic carbocycles. The molecule has 1 amide bonds. The van der Waals surface area contributed by atoms with Crippen LogP contribution in [0.1, 0.15) is 28.4 Å². The average Bonchev–Trinajstić information content (AvgIpc) is 3.17. The highest BCUT2D eigenvalue weighted by Crippen LogP contribution is 2.29. The number of fused-ring (bicyclic) bond motifs is 2. The summed E-state index contributed by atoms with van der Waals surface area (Å²) in [5.41, 5.74) is 10.3. The van der Waals surface area contributed by atoms with Gasteiger partial charge in [0.1, 0.15) is 16.9 Å².